The molecule has 2 aromatic rings. The van der Waals surface area contributed by atoms with Crippen LogP contribution in [-0.4, -0.2) is 5.11 Å². The average Bonchev–Trinajstić information content (AvgIpc) is 2.70. The first-order valence-electron chi connectivity index (χ1n) is 6.40. The zero-order valence-corrected chi connectivity index (χ0v) is 10.2. The van der Waals surface area contributed by atoms with Gasteiger partial charge in [-0.15, -0.1) is 0 Å². The van der Waals surface area contributed by atoms with Gasteiger partial charge in [0, 0.05) is 0 Å². The van der Waals surface area contributed by atoms with E-state index in [4.69, 9.17) is 0 Å². The lowest BCUT2D eigenvalue weighted by molar-refractivity contribution is 0.0423. The third kappa shape index (κ3) is 1.75. The second-order valence-corrected chi connectivity index (χ2v) is 5.41. The maximum Gasteiger partial charge on any atom is 0.0905 e. The van der Waals surface area contributed by atoms with Crippen molar-refractivity contribution in [3.63, 3.8) is 0 Å². The van der Waals surface area contributed by atoms with Crippen molar-refractivity contribution in [2.24, 2.45) is 5.92 Å². The van der Waals surface area contributed by atoms with E-state index in [9.17, 15) is 5.11 Å². The maximum atomic E-state index is 10.8. The molecule has 2 atom stereocenters. The van der Waals surface area contributed by atoms with Crippen LogP contribution in [0.25, 0.3) is 10.8 Å². The normalized spacial score (nSPS) is 28.7. The molecule has 17 heavy (non-hydrogen) atoms. The first-order valence-corrected chi connectivity index (χ1v) is 6.40. The molecule has 0 bridgehead atoms. The van der Waals surface area contributed by atoms with Crippen LogP contribution in [0.5, 0.6) is 0 Å². The third-order valence-corrected chi connectivity index (χ3v) is 4.03. The van der Waals surface area contributed by atoms with Crippen molar-refractivity contribution in [2.75, 3.05) is 0 Å². The fraction of sp³-hybridized carbons (Fsp3) is 0.375. The fourth-order valence-electron chi connectivity index (χ4n) is 3.14. The van der Waals surface area contributed by atoms with Gasteiger partial charge in [0.25, 0.3) is 0 Å². The van der Waals surface area contributed by atoms with Crippen LogP contribution in [0.1, 0.15) is 31.7 Å². The molecule has 3 rings (SSSR count). The van der Waals surface area contributed by atoms with E-state index in [2.05, 4.69) is 37.3 Å². The van der Waals surface area contributed by atoms with Gasteiger partial charge in [0.15, 0.2) is 0 Å². The highest BCUT2D eigenvalue weighted by atomic mass is 16.3. The second kappa shape index (κ2) is 3.85. The second-order valence-electron chi connectivity index (χ2n) is 5.41. The molecule has 0 aliphatic heterocycles. The van der Waals surface area contributed by atoms with Crippen molar-refractivity contribution in [2.45, 2.75) is 31.8 Å². The minimum atomic E-state index is -0.611. The minimum Gasteiger partial charge on any atom is -0.385 e. The number of benzene rings is 2. The molecule has 0 saturated heterocycles. The predicted molar refractivity (Wildman–Crippen MR) is 70.9 cm³/mol. The lowest BCUT2D eigenvalue weighted by atomic mass is 9.87. The van der Waals surface area contributed by atoms with Gasteiger partial charge in [0.1, 0.15) is 0 Å². The van der Waals surface area contributed by atoms with Crippen LogP contribution in [-0.2, 0) is 5.60 Å². The summed E-state index contributed by atoms with van der Waals surface area (Å²) in [4.78, 5) is 0. The molecule has 88 valence electrons. The molecule has 2 unspecified atom stereocenters. The molecule has 0 spiro atoms. The molecule has 0 aromatic heterocycles. The van der Waals surface area contributed by atoms with E-state index in [0.29, 0.717) is 5.92 Å². The quantitative estimate of drug-likeness (QED) is 0.783. The minimum absolute atomic E-state index is 0.611. The summed E-state index contributed by atoms with van der Waals surface area (Å²) in [6, 6.07) is 14.6. The summed E-state index contributed by atoms with van der Waals surface area (Å²) in [5.41, 5.74) is 0.500. The Morgan fingerprint density at radius 1 is 1.12 bits per heavy atom. The van der Waals surface area contributed by atoms with Gasteiger partial charge in [0.05, 0.1) is 5.60 Å². The maximum absolute atomic E-state index is 10.8. The lowest BCUT2D eigenvalue weighted by Crippen LogP contribution is -2.21. The molecule has 0 heterocycles. The van der Waals surface area contributed by atoms with Gasteiger partial charge >= 0.3 is 0 Å². The van der Waals surface area contributed by atoms with Gasteiger partial charge in [-0.1, -0.05) is 49.4 Å². The van der Waals surface area contributed by atoms with Crippen molar-refractivity contribution in [3.05, 3.63) is 48.0 Å². The van der Waals surface area contributed by atoms with Crippen molar-refractivity contribution in [1.82, 2.24) is 0 Å². The van der Waals surface area contributed by atoms with E-state index in [1.807, 2.05) is 12.1 Å². The van der Waals surface area contributed by atoms with Crippen LogP contribution < -0.4 is 0 Å². The van der Waals surface area contributed by atoms with Crippen molar-refractivity contribution < 1.29 is 5.11 Å². The molecule has 1 N–H and O–H groups in total. The predicted octanol–water partition coefficient (Wildman–Crippen LogP) is 3.85. The topological polar surface area (TPSA) is 20.2 Å². The summed E-state index contributed by atoms with van der Waals surface area (Å²) in [5.74, 6) is 0.624. The molecule has 0 radical (unpaired) electrons. The molecule has 0 amide bonds. The van der Waals surface area contributed by atoms with Crippen LogP contribution in [0.15, 0.2) is 42.5 Å². The van der Waals surface area contributed by atoms with Crippen LogP contribution in [0, 0.1) is 5.92 Å². The Kier molecular flexibility index (Phi) is 2.44. The summed E-state index contributed by atoms with van der Waals surface area (Å²) in [5, 5.41) is 13.3. The monoisotopic (exact) mass is 226 g/mol. The van der Waals surface area contributed by atoms with Gasteiger partial charge in [-0.05, 0) is 41.5 Å². The van der Waals surface area contributed by atoms with Crippen LogP contribution in [0.2, 0.25) is 0 Å². The summed E-state index contributed by atoms with van der Waals surface area (Å²) >= 11 is 0. The molecular formula is C16H18O. The smallest absolute Gasteiger partial charge is 0.0905 e. The Hall–Kier alpha value is -1.34. The van der Waals surface area contributed by atoms with Gasteiger partial charge in [-0.25, -0.2) is 0 Å². The number of aliphatic hydroxyl groups is 1. The van der Waals surface area contributed by atoms with E-state index in [0.717, 1.165) is 24.8 Å². The zero-order chi connectivity index (χ0) is 11.9. The Labute approximate surface area is 102 Å². The van der Waals surface area contributed by atoms with Crippen molar-refractivity contribution in [1.29, 1.82) is 0 Å². The molecular weight excluding hydrogens is 208 g/mol. The molecule has 1 heteroatoms. The summed E-state index contributed by atoms with van der Waals surface area (Å²) < 4.78 is 0. The molecule has 1 aliphatic carbocycles. The largest absolute Gasteiger partial charge is 0.385 e. The lowest BCUT2D eigenvalue weighted by Gasteiger charge is -2.25. The highest BCUT2D eigenvalue weighted by molar-refractivity contribution is 5.86. The number of hydrogen-bond acceptors (Lipinski definition) is 1. The van der Waals surface area contributed by atoms with Crippen LogP contribution in [0.3, 0.4) is 0 Å². The van der Waals surface area contributed by atoms with E-state index in [1.165, 1.54) is 10.8 Å². The van der Waals surface area contributed by atoms with Gasteiger partial charge in [-0.3, -0.25) is 0 Å². The van der Waals surface area contributed by atoms with Gasteiger partial charge in [0.2, 0.25) is 0 Å². The SMILES string of the molecule is CC1CCC(O)(c2cccc3ccccc23)C1. The fourth-order valence-corrected chi connectivity index (χ4v) is 3.14. The molecule has 1 saturated carbocycles. The third-order valence-electron chi connectivity index (χ3n) is 4.03. The van der Waals surface area contributed by atoms with Gasteiger partial charge < -0.3 is 5.11 Å². The molecule has 1 nitrogen and oxygen atoms in total. The highest BCUT2D eigenvalue weighted by Crippen LogP contribution is 2.43. The highest BCUT2D eigenvalue weighted by Gasteiger charge is 2.37. The first-order chi connectivity index (χ1) is 8.19. The standard InChI is InChI=1S/C16H18O/c1-12-9-10-16(17,11-12)15-8-4-6-13-5-2-3-7-14(13)15/h2-8,12,17H,9-11H2,1H3. The Bertz CT molecular complexity index is 541. The van der Waals surface area contributed by atoms with Crippen LogP contribution in [0.4, 0.5) is 0 Å². The van der Waals surface area contributed by atoms with E-state index in [-0.39, 0.29) is 0 Å². The average molecular weight is 226 g/mol. The zero-order valence-electron chi connectivity index (χ0n) is 10.2. The molecule has 1 fully saturated rings. The van der Waals surface area contributed by atoms with Crippen LogP contribution >= 0.6 is 0 Å². The van der Waals surface area contributed by atoms with E-state index < -0.39 is 5.60 Å². The summed E-state index contributed by atoms with van der Waals surface area (Å²) in [7, 11) is 0. The Morgan fingerprint density at radius 2 is 1.88 bits per heavy atom. The molecule has 1 aliphatic rings. The van der Waals surface area contributed by atoms with Gasteiger partial charge in [-0.2, -0.15) is 0 Å². The number of hydrogen-bond donors (Lipinski definition) is 1. The Morgan fingerprint density at radius 3 is 2.65 bits per heavy atom. The summed E-state index contributed by atoms with van der Waals surface area (Å²) in [6.07, 6.45) is 2.91. The Balaban J connectivity index is 2.17. The number of rotatable bonds is 1. The summed E-state index contributed by atoms with van der Waals surface area (Å²) in [6.45, 7) is 2.23. The number of fused-ring (bicyclic) bond motifs is 1. The van der Waals surface area contributed by atoms with Crippen molar-refractivity contribution in [3.8, 4) is 0 Å². The van der Waals surface area contributed by atoms with E-state index in [1.54, 1.807) is 0 Å². The first kappa shape index (κ1) is 10.8. The van der Waals surface area contributed by atoms with Crippen molar-refractivity contribution >= 4 is 10.8 Å². The van der Waals surface area contributed by atoms with E-state index >= 15 is 0 Å². The molecule has 2 aromatic carbocycles.